The van der Waals surface area contributed by atoms with Crippen molar-refractivity contribution in [2.45, 2.75) is 37.5 Å². The van der Waals surface area contributed by atoms with Gasteiger partial charge < -0.3 is 4.90 Å². The molecule has 1 aliphatic heterocycles. The van der Waals surface area contributed by atoms with Crippen molar-refractivity contribution < 1.29 is 13.2 Å². The molecular weight excluding hydrogens is 294 g/mol. The Labute approximate surface area is 105 Å². The molecule has 16 heavy (non-hydrogen) atoms. The van der Waals surface area contributed by atoms with Crippen LogP contribution in [0.25, 0.3) is 0 Å². The lowest BCUT2D eigenvalue weighted by Crippen LogP contribution is -2.47. The average molecular weight is 312 g/mol. The third kappa shape index (κ3) is 2.97. The summed E-state index contributed by atoms with van der Waals surface area (Å²) >= 11 is 3.29. The normalized spacial score (nSPS) is 26.1. The van der Waals surface area contributed by atoms with Gasteiger partial charge in [-0.05, 0) is 19.8 Å². The molecule has 6 heteroatoms. The second-order valence-electron chi connectivity index (χ2n) is 4.30. The van der Waals surface area contributed by atoms with E-state index in [4.69, 9.17) is 0 Å². The molecule has 1 amide bonds. The molecule has 0 bridgehead atoms. The maximum Gasteiger partial charge on any atom is 0.240 e. The Balaban J connectivity index is 2.80. The van der Waals surface area contributed by atoms with Crippen LogP contribution >= 0.6 is 15.9 Å². The van der Waals surface area contributed by atoms with Gasteiger partial charge in [0.1, 0.15) is 5.25 Å². The van der Waals surface area contributed by atoms with Crippen LogP contribution in [-0.2, 0) is 14.6 Å². The molecule has 0 radical (unpaired) electrons. The first-order valence-corrected chi connectivity index (χ1v) is 8.28. The first-order valence-electron chi connectivity index (χ1n) is 5.44. The fourth-order valence-corrected chi connectivity index (χ4v) is 4.10. The van der Waals surface area contributed by atoms with Crippen molar-refractivity contribution in [3.63, 3.8) is 0 Å². The number of hydrogen-bond acceptors (Lipinski definition) is 3. The first-order chi connectivity index (χ1) is 7.40. The maximum absolute atomic E-state index is 12.0. The van der Waals surface area contributed by atoms with E-state index < -0.39 is 15.1 Å². The van der Waals surface area contributed by atoms with Gasteiger partial charge in [0.2, 0.25) is 5.91 Å². The Morgan fingerprint density at radius 2 is 2.12 bits per heavy atom. The summed E-state index contributed by atoms with van der Waals surface area (Å²) < 4.78 is 23.6. The van der Waals surface area contributed by atoms with Crippen LogP contribution in [0, 0.1) is 0 Å². The van der Waals surface area contributed by atoms with E-state index >= 15 is 0 Å². The predicted octanol–water partition coefficient (Wildman–Crippen LogP) is 1.20. The number of halogens is 1. The van der Waals surface area contributed by atoms with E-state index in [1.807, 2.05) is 6.92 Å². The van der Waals surface area contributed by atoms with Crippen molar-refractivity contribution in [2.75, 3.05) is 18.1 Å². The Kier molecular flexibility index (Phi) is 4.79. The molecule has 1 aliphatic rings. The highest BCUT2D eigenvalue weighted by molar-refractivity contribution is 9.09. The minimum Gasteiger partial charge on any atom is -0.341 e. The summed E-state index contributed by atoms with van der Waals surface area (Å²) in [6.45, 7) is 1.89. The summed E-state index contributed by atoms with van der Waals surface area (Å²) in [5, 5.41) is -0.157. The number of rotatable bonds is 3. The van der Waals surface area contributed by atoms with Gasteiger partial charge in [0.25, 0.3) is 0 Å². The molecule has 1 rings (SSSR count). The first kappa shape index (κ1) is 14.0. The average Bonchev–Trinajstić information content (AvgIpc) is 2.25. The van der Waals surface area contributed by atoms with Crippen molar-refractivity contribution in [3.8, 4) is 0 Å². The monoisotopic (exact) mass is 311 g/mol. The van der Waals surface area contributed by atoms with Crippen molar-refractivity contribution in [2.24, 2.45) is 0 Å². The Morgan fingerprint density at radius 3 is 2.62 bits per heavy atom. The third-order valence-electron chi connectivity index (χ3n) is 3.09. The highest BCUT2D eigenvalue weighted by atomic mass is 79.9. The van der Waals surface area contributed by atoms with Crippen LogP contribution < -0.4 is 0 Å². The van der Waals surface area contributed by atoms with Crippen LogP contribution in [0.2, 0.25) is 0 Å². The van der Waals surface area contributed by atoms with Crippen LogP contribution in [0.4, 0.5) is 0 Å². The minimum absolute atomic E-state index is 0.0182. The SMILES string of the molecule is CC(CBr)N(C)C(=O)C1CCCCS1(=O)=O. The molecule has 0 saturated carbocycles. The fourth-order valence-electron chi connectivity index (χ4n) is 1.78. The molecule has 4 nitrogen and oxygen atoms in total. The zero-order valence-electron chi connectivity index (χ0n) is 9.65. The molecule has 94 valence electrons. The summed E-state index contributed by atoms with van der Waals surface area (Å²) in [5.41, 5.74) is 0. The van der Waals surface area contributed by atoms with E-state index in [9.17, 15) is 13.2 Å². The number of amides is 1. The lowest BCUT2D eigenvalue weighted by Gasteiger charge is -2.29. The van der Waals surface area contributed by atoms with Crippen LogP contribution in [0.5, 0.6) is 0 Å². The van der Waals surface area contributed by atoms with Crippen molar-refractivity contribution in [1.29, 1.82) is 0 Å². The van der Waals surface area contributed by atoms with Crippen LogP contribution in [0.3, 0.4) is 0 Å². The predicted molar refractivity (Wildman–Crippen MR) is 67.5 cm³/mol. The Morgan fingerprint density at radius 1 is 1.50 bits per heavy atom. The Bertz CT molecular complexity index is 355. The zero-order valence-corrected chi connectivity index (χ0v) is 12.1. The summed E-state index contributed by atoms with van der Waals surface area (Å²) in [6.07, 6.45) is 1.98. The van der Waals surface area contributed by atoms with Gasteiger partial charge in [-0.25, -0.2) is 8.42 Å². The largest absolute Gasteiger partial charge is 0.341 e. The van der Waals surface area contributed by atoms with E-state index in [-0.39, 0.29) is 17.7 Å². The number of alkyl halides is 1. The van der Waals surface area contributed by atoms with Gasteiger partial charge in [-0.1, -0.05) is 22.4 Å². The topological polar surface area (TPSA) is 54.5 Å². The van der Waals surface area contributed by atoms with E-state index in [2.05, 4.69) is 15.9 Å². The highest BCUT2D eigenvalue weighted by Crippen LogP contribution is 2.21. The van der Waals surface area contributed by atoms with Gasteiger partial charge in [0.15, 0.2) is 9.84 Å². The molecule has 0 N–H and O–H groups in total. The number of carbonyl (C=O) groups is 1. The molecule has 0 aliphatic carbocycles. The molecule has 0 aromatic rings. The van der Waals surface area contributed by atoms with Crippen LogP contribution in [0.1, 0.15) is 26.2 Å². The van der Waals surface area contributed by atoms with Crippen molar-refractivity contribution in [3.05, 3.63) is 0 Å². The van der Waals surface area contributed by atoms with Gasteiger partial charge in [-0.3, -0.25) is 4.79 Å². The molecule has 1 fully saturated rings. The molecule has 1 heterocycles. The Hall–Kier alpha value is -0.100. The second-order valence-corrected chi connectivity index (χ2v) is 7.25. The fraction of sp³-hybridized carbons (Fsp3) is 0.900. The minimum atomic E-state index is -3.22. The molecule has 0 spiro atoms. The summed E-state index contributed by atoms with van der Waals surface area (Å²) in [7, 11) is -1.55. The van der Waals surface area contributed by atoms with Crippen LogP contribution in [0.15, 0.2) is 0 Å². The molecule has 2 atom stereocenters. The van der Waals surface area contributed by atoms with E-state index in [0.717, 1.165) is 6.42 Å². The molecule has 1 saturated heterocycles. The van der Waals surface area contributed by atoms with Gasteiger partial charge in [0.05, 0.1) is 5.75 Å². The molecule has 0 aromatic heterocycles. The van der Waals surface area contributed by atoms with E-state index in [1.165, 1.54) is 4.90 Å². The lowest BCUT2D eigenvalue weighted by molar-refractivity contribution is -0.131. The van der Waals surface area contributed by atoms with Crippen molar-refractivity contribution in [1.82, 2.24) is 4.90 Å². The molecule has 0 aromatic carbocycles. The van der Waals surface area contributed by atoms with Crippen molar-refractivity contribution >= 4 is 31.7 Å². The van der Waals surface area contributed by atoms with Crippen LogP contribution in [-0.4, -0.2) is 48.6 Å². The third-order valence-corrected chi connectivity index (χ3v) is 6.19. The standard InChI is InChI=1S/C10H18BrNO3S/c1-8(7-11)12(2)10(13)9-5-3-4-6-16(9,14)15/h8-9H,3-7H2,1-2H3. The van der Waals surface area contributed by atoms with E-state index in [1.54, 1.807) is 7.05 Å². The summed E-state index contributed by atoms with van der Waals surface area (Å²) in [5.74, 6) is -0.105. The summed E-state index contributed by atoms with van der Waals surface area (Å²) in [4.78, 5) is 13.6. The number of sulfone groups is 1. The number of carbonyl (C=O) groups excluding carboxylic acids is 1. The number of hydrogen-bond donors (Lipinski definition) is 0. The van der Waals surface area contributed by atoms with Gasteiger partial charge in [-0.15, -0.1) is 0 Å². The van der Waals surface area contributed by atoms with Gasteiger partial charge >= 0.3 is 0 Å². The second kappa shape index (κ2) is 5.49. The number of nitrogens with zero attached hydrogens (tertiary/aromatic N) is 1. The molecular formula is C10H18BrNO3S. The quantitative estimate of drug-likeness (QED) is 0.736. The van der Waals surface area contributed by atoms with E-state index in [0.29, 0.717) is 18.2 Å². The maximum atomic E-state index is 12.0. The smallest absolute Gasteiger partial charge is 0.240 e. The lowest BCUT2D eigenvalue weighted by atomic mass is 10.1. The van der Waals surface area contributed by atoms with Gasteiger partial charge in [-0.2, -0.15) is 0 Å². The zero-order chi connectivity index (χ0) is 12.3. The summed E-state index contributed by atoms with van der Waals surface area (Å²) in [6, 6.07) is 0.0182. The highest BCUT2D eigenvalue weighted by Gasteiger charge is 2.37. The molecule has 2 unspecified atom stereocenters. The van der Waals surface area contributed by atoms with Gasteiger partial charge in [0, 0.05) is 18.4 Å².